The Balaban J connectivity index is 1.98. The van der Waals surface area contributed by atoms with Gasteiger partial charge in [0.2, 0.25) is 0 Å². The fourth-order valence-electron chi connectivity index (χ4n) is 1.91. The van der Waals surface area contributed by atoms with Crippen molar-refractivity contribution in [2.45, 2.75) is 43.9 Å². The van der Waals surface area contributed by atoms with Gasteiger partial charge in [-0.2, -0.15) is 0 Å². The van der Waals surface area contributed by atoms with Gasteiger partial charge in [-0.15, -0.1) is 0 Å². The topological polar surface area (TPSA) is 9.23 Å². The minimum absolute atomic E-state index is 0.791. The molecular formula is C10H19BrO. The standard InChI is InChI=1S/C10H19BrO/c1-2-12-8-4-6-9-5-3-7-10(9)11/h9-10H,2-8H2,1H3. The first kappa shape index (κ1) is 10.5. The van der Waals surface area contributed by atoms with Crippen LogP contribution in [-0.2, 0) is 4.74 Å². The predicted octanol–water partition coefficient (Wildman–Crippen LogP) is 3.37. The summed E-state index contributed by atoms with van der Waals surface area (Å²) < 4.78 is 5.31. The van der Waals surface area contributed by atoms with Gasteiger partial charge < -0.3 is 4.74 Å². The van der Waals surface area contributed by atoms with Crippen LogP contribution in [0.15, 0.2) is 0 Å². The van der Waals surface area contributed by atoms with Gasteiger partial charge in [-0.05, 0) is 38.5 Å². The molecule has 1 fully saturated rings. The van der Waals surface area contributed by atoms with Crippen LogP contribution in [0.2, 0.25) is 0 Å². The third kappa shape index (κ3) is 3.44. The molecule has 1 rings (SSSR count). The van der Waals surface area contributed by atoms with Crippen LogP contribution in [0.25, 0.3) is 0 Å². The molecule has 0 radical (unpaired) electrons. The molecule has 0 N–H and O–H groups in total. The minimum Gasteiger partial charge on any atom is -0.382 e. The summed E-state index contributed by atoms with van der Waals surface area (Å²) >= 11 is 3.73. The summed E-state index contributed by atoms with van der Waals surface area (Å²) in [5.74, 6) is 0.922. The van der Waals surface area contributed by atoms with Crippen LogP contribution < -0.4 is 0 Å². The van der Waals surface area contributed by atoms with E-state index in [1.54, 1.807) is 0 Å². The zero-order chi connectivity index (χ0) is 8.81. The van der Waals surface area contributed by atoms with Crippen LogP contribution in [0.1, 0.15) is 39.0 Å². The van der Waals surface area contributed by atoms with Crippen LogP contribution in [0, 0.1) is 5.92 Å². The molecule has 1 saturated carbocycles. The Kier molecular flexibility index (Phi) is 5.24. The lowest BCUT2D eigenvalue weighted by molar-refractivity contribution is 0.140. The summed E-state index contributed by atoms with van der Waals surface area (Å²) in [5, 5.41) is 0. The second-order valence-corrected chi connectivity index (χ2v) is 4.72. The number of ether oxygens (including phenoxy) is 1. The third-order valence-corrected chi connectivity index (χ3v) is 3.84. The number of hydrogen-bond donors (Lipinski definition) is 0. The number of alkyl halides is 1. The van der Waals surface area contributed by atoms with Crippen LogP contribution in [-0.4, -0.2) is 18.0 Å². The van der Waals surface area contributed by atoms with Crippen molar-refractivity contribution in [1.29, 1.82) is 0 Å². The molecule has 72 valence electrons. The van der Waals surface area contributed by atoms with Crippen LogP contribution >= 0.6 is 15.9 Å². The summed E-state index contributed by atoms with van der Waals surface area (Å²) in [5.41, 5.74) is 0. The van der Waals surface area contributed by atoms with E-state index in [4.69, 9.17) is 4.74 Å². The summed E-state index contributed by atoms with van der Waals surface area (Å²) in [6.45, 7) is 3.87. The van der Waals surface area contributed by atoms with E-state index in [-0.39, 0.29) is 0 Å². The lowest BCUT2D eigenvalue weighted by Crippen LogP contribution is -2.07. The van der Waals surface area contributed by atoms with Gasteiger partial charge in [0, 0.05) is 18.0 Å². The van der Waals surface area contributed by atoms with Gasteiger partial charge in [-0.3, -0.25) is 0 Å². The van der Waals surface area contributed by atoms with Gasteiger partial charge in [0.1, 0.15) is 0 Å². The largest absolute Gasteiger partial charge is 0.382 e. The molecule has 1 nitrogen and oxygen atoms in total. The monoisotopic (exact) mass is 234 g/mol. The third-order valence-electron chi connectivity index (χ3n) is 2.63. The predicted molar refractivity (Wildman–Crippen MR) is 55.8 cm³/mol. The first-order valence-corrected chi connectivity index (χ1v) is 5.98. The quantitative estimate of drug-likeness (QED) is 0.524. The van der Waals surface area contributed by atoms with Crippen LogP contribution in [0.5, 0.6) is 0 Å². The SMILES string of the molecule is CCOCCCC1CCCC1Br. The molecule has 0 heterocycles. The van der Waals surface area contributed by atoms with Crippen molar-refractivity contribution in [2.24, 2.45) is 5.92 Å². The molecule has 2 heteroatoms. The zero-order valence-corrected chi connectivity index (χ0v) is 9.48. The maximum atomic E-state index is 5.31. The molecule has 2 unspecified atom stereocenters. The molecule has 0 aromatic rings. The molecule has 0 spiro atoms. The normalized spacial score (nSPS) is 29.5. The van der Waals surface area contributed by atoms with E-state index >= 15 is 0 Å². The first-order chi connectivity index (χ1) is 5.84. The summed E-state index contributed by atoms with van der Waals surface area (Å²) in [6.07, 6.45) is 6.78. The van der Waals surface area contributed by atoms with Crippen LogP contribution in [0.4, 0.5) is 0 Å². The molecular weight excluding hydrogens is 216 g/mol. The Hall–Kier alpha value is 0.440. The molecule has 0 saturated heterocycles. The molecule has 0 aliphatic heterocycles. The number of rotatable bonds is 5. The molecule has 12 heavy (non-hydrogen) atoms. The van der Waals surface area contributed by atoms with E-state index in [2.05, 4.69) is 22.9 Å². The van der Waals surface area contributed by atoms with E-state index in [1.165, 1.54) is 32.1 Å². The average molecular weight is 235 g/mol. The van der Waals surface area contributed by atoms with Crippen molar-refractivity contribution in [2.75, 3.05) is 13.2 Å². The van der Waals surface area contributed by atoms with Gasteiger partial charge in [0.15, 0.2) is 0 Å². The molecule has 1 aliphatic rings. The van der Waals surface area contributed by atoms with Crippen molar-refractivity contribution in [1.82, 2.24) is 0 Å². The van der Waals surface area contributed by atoms with E-state index in [0.29, 0.717) is 0 Å². The van der Waals surface area contributed by atoms with Crippen molar-refractivity contribution in [3.8, 4) is 0 Å². The minimum atomic E-state index is 0.791. The molecule has 0 bridgehead atoms. The summed E-state index contributed by atoms with van der Waals surface area (Å²) in [7, 11) is 0. The zero-order valence-electron chi connectivity index (χ0n) is 7.89. The number of hydrogen-bond acceptors (Lipinski definition) is 1. The Morgan fingerprint density at radius 2 is 2.25 bits per heavy atom. The van der Waals surface area contributed by atoms with E-state index in [0.717, 1.165) is 24.0 Å². The van der Waals surface area contributed by atoms with Gasteiger partial charge in [-0.1, -0.05) is 22.4 Å². The average Bonchev–Trinajstić information content (AvgIpc) is 2.46. The lowest BCUT2D eigenvalue weighted by Gasteiger charge is -2.12. The molecule has 0 aromatic carbocycles. The Labute approximate surface area is 84.0 Å². The summed E-state index contributed by atoms with van der Waals surface area (Å²) in [6, 6.07) is 0. The fraction of sp³-hybridized carbons (Fsp3) is 1.00. The maximum absolute atomic E-state index is 5.31. The maximum Gasteiger partial charge on any atom is 0.0466 e. The van der Waals surface area contributed by atoms with Gasteiger partial charge in [0.25, 0.3) is 0 Å². The van der Waals surface area contributed by atoms with Gasteiger partial charge >= 0.3 is 0 Å². The molecule has 0 amide bonds. The van der Waals surface area contributed by atoms with Crippen molar-refractivity contribution >= 4 is 15.9 Å². The van der Waals surface area contributed by atoms with E-state index < -0.39 is 0 Å². The van der Waals surface area contributed by atoms with Gasteiger partial charge in [0.05, 0.1) is 0 Å². The lowest BCUT2D eigenvalue weighted by atomic mass is 10.0. The van der Waals surface area contributed by atoms with Crippen molar-refractivity contribution in [3.63, 3.8) is 0 Å². The fourth-order valence-corrected chi connectivity index (χ4v) is 2.76. The number of halogens is 1. The summed E-state index contributed by atoms with van der Waals surface area (Å²) in [4.78, 5) is 0.791. The van der Waals surface area contributed by atoms with E-state index in [9.17, 15) is 0 Å². The van der Waals surface area contributed by atoms with E-state index in [1.807, 2.05) is 0 Å². The first-order valence-electron chi connectivity index (χ1n) is 5.06. The smallest absolute Gasteiger partial charge is 0.0466 e. The Morgan fingerprint density at radius 3 is 2.83 bits per heavy atom. The Bertz CT molecular complexity index is 116. The van der Waals surface area contributed by atoms with Crippen molar-refractivity contribution in [3.05, 3.63) is 0 Å². The molecule has 1 aliphatic carbocycles. The van der Waals surface area contributed by atoms with Gasteiger partial charge in [-0.25, -0.2) is 0 Å². The highest BCUT2D eigenvalue weighted by atomic mass is 79.9. The highest BCUT2D eigenvalue weighted by molar-refractivity contribution is 9.09. The van der Waals surface area contributed by atoms with Crippen molar-refractivity contribution < 1.29 is 4.74 Å². The van der Waals surface area contributed by atoms with Crippen LogP contribution in [0.3, 0.4) is 0 Å². The molecule has 2 atom stereocenters. The highest BCUT2D eigenvalue weighted by Gasteiger charge is 2.23. The second-order valence-electron chi connectivity index (χ2n) is 3.55. The Morgan fingerprint density at radius 1 is 1.42 bits per heavy atom. The second kappa shape index (κ2) is 5.98. The molecule has 0 aromatic heterocycles. The highest BCUT2D eigenvalue weighted by Crippen LogP contribution is 2.34.